The Hall–Kier alpha value is -3.86. The zero-order valence-electron chi connectivity index (χ0n) is 19.8. The van der Waals surface area contributed by atoms with Crippen LogP contribution in [-0.4, -0.2) is 15.9 Å². The lowest BCUT2D eigenvalue weighted by Crippen LogP contribution is -2.22. The number of carbonyl (C=O) groups is 1. The molecule has 1 aliphatic rings. The summed E-state index contributed by atoms with van der Waals surface area (Å²) in [6.07, 6.45) is 4.60. The van der Waals surface area contributed by atoms with Crippen LogP contribution in [0.25, 0.3) is 0 Å². The van der Waals surface area contributed by atoms with Gasteiger partial charge in [-0.2, -0.15) is 0 Å². The summed E-state index contributed by atoms with van der Waals surface area (Å²) < 4.78 is 6.10. The van der Waals surface area contributed by atoms with Gasteiger partial charge in [-0.15, -0.1) is 0 Å². The molecule has 0 spiro atoms. The average molecular weight is 452 g/mol. The van der Waals surface area contributed by atoms with Crippen LogP contribution < -0.4 is 10.1 Å². The summed E-state index contributed by atoms with van der Waals surface area (Å²) in [6.45, 7) is 6.49. The summed E-state index contributed by atoms with van der Waals surface area (Å²) in [7, 11) is 0. The molecule has 5 nitrogen and oxygen atoms in total. The number of amides is 1. The third-order valence-corrected chi connectivity index (χ3v) is 6.29. The van der Waals surface area contributed by atoms with Gasteiger partial charge in [-0.1, -0.05) is 69.3 Å². The first-order valence-electron chi connectivity index (χ1n) is 11.7. The minimum Gasteiger partial charge on any atom is -0.457 e. The minimum atomic E-state index is -0.107. The molecule has 0 radical (unpaired) electrons. The summed E-state index contributed by atoms with van der Waals surface area (Å²) in [6, 6.07) is 22.3. The smallest absolute Gasteiger partial charge is 0.225 e. The zero-order valence-corrected chi connectivity index (χ0v) is 19.8. The Morgan fingerprint density at radius 3 is 2.29 bits per heavy atom. The van der Waals surface area contributed by atoms with Gasteiger partial charge in [-0.3, -0.25) is 4.79 Å². The van der Waals surface area contributed by atoms with E-state index in [1.165, 1.54) is 0 Å². The third kappa shape index (κ3) is 4.46. The Balaban J connectivity index is 1.44. The molecular weight excluding hydrogens is 422 g/mol. The van der Waals surface area contributed by atoms with Gasteiger partial charge >= 0.3 is 0 Å². The lowest BCUT2D eigenvalue weighted by molar-refractivity contribution is -0.116. The monoisotopic (exact) mass is 451 g/mol. The van der Waals surface area contributed by atoms with Crippen molar-refractivity contribution in [2.45, 2.75) is 44.9 Å². The van der Waals surface area contributed by atoms with Crippen LogP contribution in [0.5, 0.6) is 11.5 Å². The van der Waals surface area contributed by atoms with Gasteiger partial charge in [0.2, 0.25) is 5.91 Å². The molecule has 2 N–H and O–H groups in total. The second-order valence-electron chi connectivity index (χ2n) is 9.83. The predicted molar refractivity (Wildman–Crippen MR) is 135 cm³/mol. The van der Waals surface area contributed by atoms with Crippen LogP contribution in [0.2, 0.25) is 0 Å². The Morgan fingerprint density at radius 2 is 1.68 bits per heavy atom. The van der Waals surface area contributed by atoms with E-state index in [1.807, 2.05) is 54.7 Å². The molecule has 0 saturated heterocycles. The fourth-order valence-corrected chi connectivity index (χ4v) is 4.66. The number of hydrogen-bond donors (Lipinski definition) is 2. The van der Waals surface area contributed by atoms with Gasteiger partial charge in [0.05, 0.1) is 0 Å². The number of aromatic nitrogens is 2. The number of imidazole rings is 1. The number of anilines is 1. The van der Waals surface area contributed by atoms with E-state index in [2.05, 4.69) is 54.3 Å². The molecule has 5 rings (SSSR count). The molecule has 4 aromatic rings. The van der Waals surface area contributed by atoms with Crippen LogP contribution in [-0.2, 0) is 16.6 Å². The van der Waals surface area contributed by atoms with E-state index in [-0.39, 0.29) is 17.2 Å². The SMILES string of the molecule is CC(C)(C)c1ccc(Cc2ncc[nH]2)cc1NC(=O)CC1c2ccccc2Oc2ccccc21. The quantitative estimate of drug-likeness (QED) is 0.361. The highest BCUT2D eigenvalue weighted by atomic mass is 16.5. The fourth-order valence-electron chi connectivity index (χ4n) is 4.66. The van der Waals surface area contributed by atoms with Crippen molar-refractivity contribution >= 4 is 11.6 Å². The molecule has 1 aliphatic heterocycles. The van der Waals surface area contributed by atoms with E-state index in [4.69, 9.17) is 4.74 Å². The zero-order chi connectivity index (χ0) is 23.7. The van der Waals surface area contributed by atoms with E-state index in [0.717, 1.165) is 45.3 Å². The van der Waals surface area contributed by atoms with Gasteiger partial charge in [0, 0.05) is 48.0 Å². The number of aromatic amines is 1. The number of rotatable bonds is 5. The second-order valence-corrected chi connectivity index (χ2v) is 9.83. The Kier molecular flexibility index (Phi) is 5.70. The highest BCUT2D eigenvalue weighted by molar-refractivity contribution is 5.93. The molecule has 0 atom stereocenters. The number of para-hydroxylation sites is 2. The number of nitrogens with zero attached hydrogens (tertiary/aromatic N) is 1. The van der Waals surface area contributed by atoms with Gasteiger partial charge in [0.25, 0.3) is 0 Å². The number of carbonyl (C=O) groups excluding carboxylic acids is 1. The Labute approximate surface area is 200 Å². The van der Waals surface area contributed by atoms with Gasteiger partial charge in [-0.25, -0.2) is 4.98 Å². The lowest BCUT2D eigenvalue weighted by Gasteiger charge is -2.28. The molecule has 0 unspecified atom stereocenters. The second kappa shape index (κ2) is 8.82. The Morgan fingerprint density at radius 1 is 1.00 bits per heavy atom. The van der Waals surface area contributed by atoms with Crippen LogP contribution in [0.1, 0.15) is 61.2 Å². The van der Waals surface area contributed by atoms with Gasteiger partial charge in [0.15, 0.2) is 0 Å². The lowest BCUT2D eigenvalue weighted by atomic mass is 9.84. The van der Waals surface area contributed by atoms with Crippen molar-refractivity contribution in [3.05, 3.63) is 107 Å². The van der Waals surface area contributed by atoms with E-state index in [1.54, 1.807) is 6.20 Å². The number of nitrogens with one attached hydrogen (secondary N) is 2. The van der Waals surface area contributed by atoms with E-state index < -0.39 is 0 Å². The minimum absolute atomic E-state index is 0.0165. The molecule has 2 heterocycles. The van der Waals surface area contributed by atoms with Gasteiger partial charge in [0.1, 0.15) is 17.3 Å². The first-order valence-corrected chi connectivity index (χ1v) is 11.7. The molecule has 5 heteroatoms. The fraction of sp³-hybridized carbons (Fsp3) is 0.241. The van der Waals surface area contributed by atoms with Crippen molar-refractivity contribution in [1.29, 1.82) is 0 Å². The summed E-state index contributed by atoms with van der Waals surface area (Å²) in [5.41, 5.74) is 5.04. The standard InChI is InChI=1S/C29H29N3O2/c1-29(2,3)23-13-12-19(17-27-30-14-15-31-27)16-24(23)32-28(33)18-22-20-8-4-6-10-25(20)34-26-11-7-5-9-21(22)26/h4-16,22H,17-18H2,1-3H3,(H,30,31)(H,32,33). The first-order chi connectivity index (χ1) is 16.4. The molecule has 0 saturated carbocycles. The van der Waals surface area contributed by atoms with Crippen molar-refractivity contribution in [3.8, 4) is 11.5 Å². The van der Waals surface area contributed by atoms with Crippen molar-refractivity contribution < 1.29 is 9.53 Å². The summed E-state index contributed by atoms with van der Waals surface area (Å²) in [4.78, 5) is 20.9. The third-order valence-electron chi connectivity index (χ3n) is 6.29. The predicted octanol–water partition coefficient (Wildman–Crippen LogP) is 6.56. The van der Waals surface area contributed by atoms with Crippen molar-refractivity contribution in [3.63, 3.8) is 0 Å². The van der Waals surface area contributed by atoms with Crippen LogP contribution in [0, 0.1) is 0 Å². The maximum absolute atomic E-state index is 13.4. The first kappa shape index (κ1) is 22.0. The molecule has 1 aromatic heterocycles. The average Bonchev–Trinajstić information content (AvgIpc) is 3.31. The number of hydrogen-bond acceptors (Lipinski definition) is 3. The number of ether oxygens (including phenoxy) is 1. The summed E-state index contributed by atoms with van der Waals surface area (Å²) in [5, 5.41) is 3.24. The maximum atomic E-state index is 13.4. The summed E-state index contributed by atoms with van der Waals surface area (Å²) in [5.74, 6) is 2.45. The maximum Gasteiger partial charge on any atom is 0.225 e. The molecule has 0 fully saturated rings. The highest BCUT2D eigenvalue weighted by Gasteiger charge is 2.29. The van der Waals surface area contributed by atoms with Crippen LogP contribution in [0.3, 0.4) is 0 Å². The number of fused-ring (bicyclic) bond motifs is 2. The molecule has 172 valence electrons. The molecule has 34 heavy (non-hydrogen) atoms. The van der Waals surface area contributed by atoms with Crippen molar-refractivity contribution in [2.24, 2.45) is 0 Å². The molecule has 3 aromatic carbocycles. The largest absolute Gasteiger partial charge is 0.457 e. The Bertz CT molecular complexity index is 1270. The van der Waals surface area contributed by atoms with Crippen LogP contribution >= 0.6 is 0 Å². The van der Waals surface area contributed by atoms with Gasteiger partial charge in [-0.05, 0) is 34.7 Å². The van der Waals surface area contributed by atoms with Crippen molar-refractivity contribution in [2.75, 3.05) is 5.32 Å². The molecular formula is C29H29N3O2. The normalized spacial score (nSPS) is 13.0. The summed E-state index contributed by atoms with van der Waals surface area (Å²) >= 11 is 0. The van der Waals surface area contributed by atoms with Crippen LogP contribution in [0.15, 0.2) is 79.1 Å². The molecule has 0 bridgehead atoms. The van der Waals surface area contributed by atoms with E-state index in [9.17, 15) is 4.79 Å². The molecule has 0 aliphatic carbocycles. The van der Waals surface area contributed by atoms with Crippen molar-refractivity contribution in [1.82, 2.24) is 9.97 Å². The van der Waals surface area contributed by atoms with Crippen LogP contribution in [0.4, 0.5) is 5.69 Å². The number of H-pyrrole nitrogens is 1. The van der Waals surface area contributed by atoms with Gasteiger partial charge < -0.3 is 15.0 Å². The highest BCUT2D eigenvalue weighted by Crippen LogP contribution is 2.45. The topological polar surface area (TPSA) is 67.0 Å². The number of benzene rings is 3. The molecule has 1 amide bonds. The van der Waals surface area contributed by atoms with E-state index >= 15 is 0 Å². The van der Waals surface area contributed by atoms with E-state index in [0.29, 0.717) is 12.8 Å².